The molecule has 2 aliphatic rings. The Hall–Kier alpha value is -3.18. The molecule has 4 rings (SSSR count). The fourth-order valence-electron chi connectivity index (χ4n) is 3.60. The Morgan fingerprint density at radius 1 is 1.20 bits per heavy atom. The first kappa shape index (κ1) is 20.1. The number of carbonyl (C=O) groups excluding carboxylic acids is 2. The number of benzene rings is 1. The molecular weight excluding hydrogens is 418 g/mol. The monoisotopic (exact) mass is 430 g/mol. The summed E-state index contributed by atoms with van der Waals surface area (Å²) < 4.78 is 80.4. The fourth-order valence-corrected chi connectivity index (χ4v) is 3.60. The van der Waals surface area contributed by atoms with Crippen LogP contribution in [0, 0.1) is 5.82 Å². The van der Waals surface area contributed by atoms with Crippen molar-refractivity contribution < 1.29 is 35.9 Å². The van der Waals surface area contributed by atoms with Crippen LogP contribution in [0.1, 0.15) is 27.9 Å². The van der Waals surface area contributed by atoms with E-state index in [2.05, 4.69) is 15.3 Å². The van der Waals surface area contributed by atoms with E-state index in [1.807, 2.05) is 0 Å². The van der Waals surface area contributed by atoms with Gasteiger partial charge in [-0.05, 0) is 23.8 Å². The van der Waals surface area contributed by atoms with Crippen LogP contribution in [0.25, 0.3) is 0 Å². The van der Waals surface area contributed by atoms with Gasteiger partial charge < -0.3 is 4.90 Å². The van der Waals surface area contributed by atoms with E-state index in [1.165, 1.54) is 0 Å². The summed E-state index contributed by atoms with van der Waals surface area (Å²) in [6, 6.07) is 2.07. The summed E-state index contributed by atoms with van der Waals surface area (Å²) in [4.78, 5) is 32.7. The van der Waals surface area contributed by atoms with Gasteiger partial charge in [-0.1, -0.05) is 0 Å². The van der Waals surface area contributed by atoms with Crippen molar-refractivity contribution in [2.45, 2.75) is 23.9 Å². The van der Waals surface area contributed by atoms with Gasteiger partial charge in [-0.3, -0.25) is 14.9 Å². The maximum atomic E-state index is 14.2. The second-order valence-electron chi connectivity index (χ2n) is 7.16. The molecule has 1 spiro atoms. The van der Waals surface area contributed by atoms with Crippen molar-refractivity contribution in [3.05, 3.63) is 53.1 Å². The van der Waals surface area contributed by atoms with Crippen LogP contribution >= 0.6 is 0 Å². The molecule has 0 saturated heterocycles. The lowest BCUT2D eigenvalue weighted by Gasteiger charge is -2.34. The Morgan fingerprint density at radius 2 is 1.83 bits per heavy atom. The van der Waals surface area contributed by atoms with Crippen LogP contribution in [0.5, 0.6) is 0 Å². The van der Waals surface area contributed by atoms with Gasteiger partial charge in [-0.2, -0.15) is 13.2 Å². The van der Waals surface area contributed by atoms with Gasteiger partial charge in [0, 0.05) is 18.5 Å². The number of anilines is 1. The van der Waals surface area contributed by atoms with E-state index in [0.717, 1.165) is 23.4 Å². The van der Waals surface area contributed by atoms with Crippen molar-refractivity contribution in [2.24, 2.45) is 0 Å². The van der Waals surface area contributed by atoms with E-state index in [9.17, 15) is 35.9 Å². The van der Waals surface area contributed by atoms with Crippen molar-refractivity contribution in [2.75, 3.05) is 18.4 Å². The van der Waals surface area contributed by atoms with E-state index >= 15 is 0 Å². The second-order valence-corrected chi connectivity index (χ2v) is 7.16. The summed E-state index contributed by atoms with van der Waals surface area (Å²) in [6.45, 7) is -1.28. The molecule has 2 heterocycles. The quantitative estimate of drug-likeness (QED) is 0.760. The van der Waals surface area contributed by atoms with Crippen LogP contribution in [-0.4, -0.2) is 45.7 Å². The third-order valence-electron chi connectivity index (χ3n) is 5.15. The molecule has 1 unspecified atom stereocenters. The average Bonchev–Trinajstić information content (AvgIpc) is 3.21. The summed E-state index contributed by atoms with van der Waals surface area (Å²) in [5, 5.41) is 2.20. The van der Waals surface area contributed by atoms with Crippen LogP contribution in [0.15, 0.2) is 30.6 Å². The first-order chi connectivity index (χ1) is 13.9. The van der Waals surface area contributed by atoms with E-state index < -0.39 is 60.2 Å². The van der Waals surface area contributed by atoms with Crippen LogP contribution in [0.3, 0.4) is 0 Å². The number of hydrogen-bond acceptors (Lipinski definition) is 4. The maximum Gasteiger partial charge on any atom is 0.416 e. The first-order valence-electron chi connectivity index (χ1n) is 8.59. The normalized spacial score (nSPS) is 22.1. The molecule has 1 N–H and O–H groups in total. The highest BCUT2D eigenvalue weighted by Gasteiger charge is 2.74. The predicted molar refractivity (Wildman–Crippen MR) is 89.2 cm³/mol. The van der Waals surface area contributed by atoms with E-state index in [-0.39, 0.29) is 17.1 Å². The van der Waals surface area contributed by atoms with Crippen molar-refractivity contribution in [3.8, 4) is 0 Å². The highest BCUT2D eigenvalue weighted by molar-refractivity contribution is 6.01. The molecule has 2 amide bonds. The Kier molecular flexibility index (Phi) is 4.30. The summed E-state index contributed by atoms with van der Waals surface area (Å²) in [5.41, 5.74) is -3.79. The Labute approximate surface area is 164 Å². The molecule has 30 heavy (non-hydrogen) atoms. The predicted octanol–water partition coefficient (Wildman–Crippen LogP) is 3.01. The van der Waals surface area contributed by atoms with Crippen LogP contribution in [0.4, 0.5) is 32.3 Å². The van der Waals surface area contributed by atoms with Gasteiger partial charge >= 0.3 is 6.18 Å². The molecule has 6 nitrogen and oxygen atoms in total. The van der Waals surface area contributed by atoms with Crippen molar-refractivity contribution in [1.82, 2.24) is 14.9 Å². The number of rotatable bonds is 3. The third kappa shape index (κ3) is 3.25. The largest absolute Gasteiger partial charge is 0.416 e. The average molecular weight is 430 g/mol. The minimum atomic E-state index is -4.75. The fraction of sp³-hybridized carbons (Fsp3) is 0.333. The SMILES string of the molecule is O=C(CN1CC2(CC2(F)F)c2cc(C(F)(F)F)ccc2C1=O)Nc1ncc(F)cn1. The minimum Gasteiger partial charge on any atom is -0.328 e. The van der Waals surface area contributed by atoms with Gasteiger partial charge in [0.15, 0.2) is 5.82 Å². The second kappa shape index (κ2) is 6.41. The van der Waals surface area contributed by atoms with Gasteiger partial charge in [0.25, 0.3) is 11.8 Å². The van der Waals surface area contributed by atoms with Gasteiger partial charge in [0.1, 0.15) is 6.54 Å². The lowest BCUT2D eigenvalue weighted by molar-refractivity contribution is -0.137. The van der Waals surface area contributed by atoms with Gasteiger partial charge in [-0.25, -0.2) is 23.1 Å². The number of amides is 2. The number of nitrogens with zero attached hydrogens (tertiary/aromatic N) is 3. The smallest absolute Gasteiger partial charge is 0.328 e. The molecule has 2 aromatic rings. The van der Waals surface area contributed by atoms with E-state index in [0.29, 0.717) is 12.1 Å². The van der Waals surface area contributed by atoms with E-state index in [4.69, 9.17) is 0 Å². The number of halogens is 6. The van der Waals surface area contributed by atoms with Crippen molar-refractivity contribution in [3.63, 3.8) is 0 Å². The molecule has 0 radical (unpaired) electrons. The molecule has 1 aliphatic heterocycles. The van der Waals surface area contributed by atoms with E-state index in [1.54, 1.807) is 0 Å². The minimum absolute atomic E-state index is 0.257. The molecule has 158 valence electrons. The summed E-state index contributed by atoms with van der Waals surface area (Å²) in [7, 11) is 0. The third-order valence-corrected chi connectivity index (χ3v) is 5.15. The zero-order chi connectivity index (χ0) is 21.9. The number of fused-ring (bicyclic) bond motifs is 2. The van der Waals surface area contributed by atoms with Crippen LogP contribution < -0.4 is 5.32 Å². The molecule has 1 aromatic carbocycles. The number of alkyl halides is 5. The summed E-state index contributed by atoms with van der Waals surface area (Å²) in [6.07, 6.45) is -3.90. The van der Waals surface area contributed by atoms with Gasteiger partial charge in [-0.15, -0.1) is 0 Å². The standard InChI is InChI=1S/C18H12F6N4O2/c19-10-4-25-15(26-5-10)27-13(29)6-28-8-16(7-17(16,20)21)12-3-9(18(22,23)24)1-2-11(12)14(28)30/h1-5H,6-8H2,(H,25,26,27,29). The molecule has 1 saturated carbocycles. The topological polar surface area (TPSA) is 75.2 Å². The molecule has 1 aliphatic carbocycles. The lowest BCUT2D eigenvalue weighted by Crippen LogP contribution is -2.48. The molecule has 0 bridgehead atoms. The van der Waals surface area contributed by atoms with Crippen LogP contribution in [-0.2, 0) is 16.4 Å². The number of carbonyl (C=O) groups is 2. The zero-order valence-electron chi connectivity index (χ0n) is 14.9. The maximum absolute atomic E-state index is 14.2. The highest BCUT2D eigenvalue weighted by Crippen LogP contribution is 2.64. The number of aromatic nitrogens is 2. The van der Waals surface area contributed by atoms with Crippen molar-refractivity contribution in [1.29, 1.82) is 0 Å². The summed E-state index contributed by atoms with van der Waals surface area (Å²) >= 11 is 0. The molecule has 12 heteroatoms. The van der Waals surface area contributed by atoms with Gasteiger partial charge in [0.05, 0.1) is 23.4 Å². The Bertz CT molecular complexity index is 1040. The first-order valence-corrected chi connectivity index (χ1v) is 8.59. The Balaban J connectivity index is 1.61. The highest BCUT2D eigenvalue weighted by atomic mass is 19.4. The molecule has 1 fully saturated rings. The zero-order valence-corrected chi connectivity index (χ0v) is 14.9. The number of hydrogen-bond donors (Lipinski definition) is 1. The summed E-state index contributed by atoms with van der Waals surface area (Å²) in [5.74, 6) is -5.99. The molecule has 1 aromatic heterocycles. The molecule has 1 atom stereocenters. The molecular formula is C18H12F6N4O2. The number of nitrogens with one attached hydrogen (secondary N) is 1. The Morgan fingerprint density at radius 3 is 2.40 bits per heavy atom. The lowest BCUT2D eigenvalue weighted by atomic mass is 9.84. The van der Waals surface area contributed by atoms with Gasteiger partial charge in [0.2, 0.25) is 11.9 Å². The van der Waals surface area contributed by atoms with Crippen molar-refractivity contribution >= 4 is 17.8 Å². The van der Waals surface area contributed by atoms with Crippen LogP contribution in [0.2, 0.25) is 0 Å².